The summed E-state index contributed by atoms with van der Waals surface area (Å²) in [6.45, 7) is 4.24. The van der Waals surface area contributed by atoms with Gasteiger partial charge in [-0.2, -0.15) is 5.26 Å². The molecule has 1 aromatic carbocycles. The first-order valence-corrected chi connectivity index (χ1v) is 6.08. The third-order valence-electron chi connectivity index (χ3n) is 2.48. The van der Waals surface area contributed by atoms with Crippen molar-refractivity contribution in [1.29, 1.82) is 5.26 Å². The zero-order valence-corrected chi connectivity index (χ0v) is 11.4. The van der Waals surface area contributed by atoms with Crippen LogP contribution < -0.4 is 5.32 Å². The third-order valence-corrected chi connectivity index (χ3v) is 2.48. The van der Waals surface area contributed by atoms with Crippen LogP contribution in [0.1, 0.15) is 25.0 Å². The summed E-state index contributed by atoms with van der Waals surface area (Å²) < 4.78 is 13.6. The molecule has 0 heterocycles. The highest BCUT2D eigenvalue weighted by atomic mass is 19.1. The van der Waals surface area contributed by atoms with Gasteiger partial charge in [0.1, 0.15) is 5.82 Å². The smallest absolute Gasteiger partial charge is 0.234 e. The summed E-state index contributed by atoms with van der Waals surface area (Å²) in [6, 6.07) is 6.27. The molecule has 0 aliphatic carbocycles. The summed E-state index contributed by atoms with van der Waals surface area (Å²) >= 11 is 0. The fourth-order valence-electron chi connectivity index (χ4n) is 1.72. The Morgan fingerprint density at radius 1 is 1.53 bits per heavy atom. The molecular weight excluding hydrogens is 245 g/mol. The van der Waals surface area contributed by atoms with Crippen LogP contribution in [0.4, 0.5) is 4.39 Å². The van der Waals surface area contributed by atoms with Gasteiger partial charge in [0.15, 0.2) is 0 Å². The Kier molecular flexibility index (Phi) is 5.46. The van der Waals surface area contributed by atoms with Crippen LogP contribution in [0.3, 0.4) is 0 Å². The van der Waals surface area contributed by atoms with Crippen LogP contribution in [0.2, 0.25) is 0 Å². The molecule has 19 heavy (non-hydrogen) atoms. The van der Waals surface area contributed by atoms with Crippen molar-refractivity contribution in [3.05, 3.63) is 35.1 Å². The van der Waals surface area contributed by atoms with Gasteiger partial charge in [-0.3, -0.25) is 9.69 Å². The fourth-order valence-corrected chi connectivity index (χ4v) is 1.72. The van der Waals surface area contributed by atoms with E-state index in [4.69, 9.17) is 5.26 Å². The molecule has 1 rings (SSSR count). The number of hydrogen-bond donors (Lipinski definition) is 1. The van der Waals surface area contributed by atoms with Crippen LogP contribution in [-0.2, 0) is 11.3 Å². The van der Waals surface area contributed by atoms with Gasteiger partial charge in [0.2, 0.25) is 5.91 Å². The minimum Gasteiger partial charge on any atom is -0.353 e. The van der Waals surface area contributed by atoms with Crippen molar-refractivity contribution >= 4 is 5.91 Å². The van der Waals surface area contributed by atoms with Gasteiger partial charge in [0.25, 0.3) is 0 Å². The molecule has 0 aliphatic rings. The van der Waals surface area contributed by atoms with Crippen LogP contribution in [0.15, 0.2) is 18.2 Å². The molecule has 0 saturated heterocycles. The summed E-state index contributed by atoms with van der Waals surface area (Å²) in [5.74, 6) is -0.468. The minimum atomic E-state index is -0.366. The largest absolute Gasteiger partial charge is 0.353 e. The number of amides is 1. The minimum absolute atomic E-state index is 0.0829. The van der Waals surface area contributed by atoms with Gasteiger partial charge in [-0.25, -0.2) is 4.39 Å². The summed E-state index contributed by atoms with van der Waals surface area (Å²) in [7, 11) is 1.73. The molecule has 1 amide bonds. The highest BCUT2D eigenvalue weighted by Crippen LogP contribution is 2.12. The number of carbonyl (C=O) groups is 1. The van der Waals surface area contributed by atoms with E-state index < -0.39 is 0 Å². The van der Waals surface area contributed by atoms with Crippen LogP contribution in [0, 0.1) is 17.1 Å². The first-order valence-electron chi connectivity index (χ1n) is 6.08. The second kappa shape index (κ2) is 6.86. The molecule has 0 aromatic heterocycles. The summed E-state index contributed by atoms with van der Waals surface area (Å²) in [6.07, 6.45) is 0. The molecule has 102 valence electrons. The summed E-state index contributed by atoms with van der Waals surface area (Å²) in [4.78, 5) is 13.3. The van der Waals surface area contributed by atoms with Crippen molar-refractivity contribution in [3.63, 3.8) is 0 Å². The van der Waals surface area contributed by atoms with Gasteiger partial charge in [0, 0.05) is 18.2 Å². The van der Waals surface area contributed by atoms with E-state index in [1.165, 1.54) is 18.2 Å². The highest BCUT2D eigenvalue weighted by molar-refractivity contribution is 5.78. The maximum absolute atomic E-state index is 13.6. The normalized spacial score (nSPS) is 10.6. The van der Waals surface area contributed by atoms with Gasteiger partial charge in [-0.1, -0.05) is 0 Å². The van der Waals surface area contributed by atoms with Gasteiger partial charge < -0.3 is 5.32 Å². The predicted molar refractivity (Wildman–Crippen MR) is 70.7 cm³/mol. The lowest BCUT2D eigenvalue weighted by Gasteiger charge is -2.18. The van der Waals surface area contributed by atoms with Gasteiger partial charge in [-0.15, -0.1) is 0 Å². The van der Waals surface area contributed by atoms with E-state index >= 15 is 0 Å². The van der Waals surface area contributed by atoms with Crippen LogP contribution in [-0.4, -0.2) is 30.4 Å². The third kappa shape index (κ3) is 5.06. The number of nitrogens with one attached hydrogen (secondary N) is 1. The maximum Gasteiger partial charge on any atom is 0.234 e. The molecule has 0 atom stereocenters. The molecule has 0 radical (unpaired) electrons. The number of benzene rings is 1. The van der Waals surface area contributed by atoms with Crippen molar-refractivity contribution in [1.82, 2.24) is 10.2 Å². The van der Waals surface area contributed by atoms with E-state index in [1.807, 2.05) is 19.9 Å². The Morgan fingerprint density at radius 3 is 2.79 bits per heavy atom. The second-order valence-electron chi connectivity index (χ2n) is 4.81. The van der Waals surface area contributed by atoms with Crippen molar-refractivity contribution in [2.75, 3.05) is 13.6 Å². The number of carbonyl (C=O) groups excluding carboxylic acids is 1. The molecule has 0 bridgehead atoms. The van der Waals surface area contributed by atoms with Crippen LogP contribution >= 0.6 is 0 Å². The average molecular weight is 263 g/mol. The molecule has 5 heteroatoms. The lowest BCUT2D eigenvalue weighted by Crippen LogP contribution is -2.38. The molecule has 0 aliphatic heterocycles. The summed E-state index contributed by atoms with van der Waals surface area (Å²) in [5.41, 5.74) is 0.829. The van der Waals surface area contributed by atoms with E-state index in [9.17, 15) is 9.18 Å². The van der Waals surface area contributed by atoms with Gasteiger partial charge in [0.05, 0.1) is 18.2 Å². The Labute approximate surface area is 112 Å². The Bertz CT molecular complexity index is 494. The standard InChI is InChI=1S/C14H18FN3O/c1-10(2)17-14(19)9-18(3)8-12-6-11(7-16)4-5-13(12)15/h4-6,10H,8-9H2,1-3H3,(H,17,19). The Hall–Kier alpha value is -1.93. The van der Waals surface area contributed by atoms with E-state index in [2.05, 4.69) is 5.32 Å². The van der Waals surface area contributed by atoms with Crippen molar-refractivity contribution < 1.29 is 9.18 Å². The van der Waals surface area contributed by atoms with Crippen molar-refractivity contribution in [2.24, 2.45) is 0 Å². The first-order chi connectivity index (χ1) is 8.92. The number of nitriles is 1. The Morgan fingerprint density at radius 2 is 2.21 bits per heavy atom. The number of likely N-dealkylation sites (N-methyl/N-ethyl adjacent to an activating group) is 1. The maximum atomic E-state index is 13.6. The topological polar surface area (TPSA) is 56.1 Å². The number of nitrogens with zero attached hydrogens (tertiary/aromatic N) is 2. The summed E-state index contributed by atoms with van der Waals surface area (Å²) in [5, 5.41) is 11.6. The highest BCUT2D eigenvalue weighted by Gasteiger charge is 2.11. The van der Waals surface area contributed by atoms with E-state index in [-0.39, 0.29) is 30.9 Å². The predicted octanol–water partition coefficient (Wildman–Crippen LogP) is 1.65. The fraction of sp³-hybridized carbons (Fsp3) is 0.429. The van der Waals surface area contributed by atoms with Crippen LogP contribution in [0.5, 0.6) is 0 Å². The van der Waals surface area contributed by atoms with Gasteiger partial charge >= 0.3 is 0 Å². The monoisotopic (exact) mass is 263 g/mol. The van der Waals surface area contributed by atoms with E-state index in [0.717, 1.165) is 0 Å². The number of hydrogen-bond acceptors (Lipinski definition) is 3. The molecule has 4 nitrogen and oxygen atoms in total. The zero-order valence-electron chi connectivity index (χ0n) is 11.4. The SMILES string of the molecule is CC(C)NC(=O)CN(C)Cc1cc(C#N)ccc1F. The number of rotatable bonds is 5. The van der Waals surface area contributed by atoms with E-state index in [0.29, 0.717) is 11.1 Å². The first kappa shape index (κ1) is 15.1. The Balaban J connectivity index is 2.64. The average Bonchev–Trinajstić information content (AvgIpc) is 2.30. The molecule has 1 aromatic rings. The zero-order chi connectivity index (χ0) is 14.4. The molecular formula is C14H18FN3O. The van der Waals surface area contributed by atoms with Crippen molar-refractivity contribution in [3.8, 4) is 6.07 Å². The molecule has 0 saturated carbocycles. The lowest BCUT2D eigenvalue weighted by molar-refractivity contribution is -0.122. The molecule has 0 unspecified atom stereocenters. The quantitative estimate of drug-likeness (QED) is 0.879. The number of halogens is 1. The molecule has 0 fully saturated rings. The lowest BCUT2D eigenvalue weighted by atomic mass is 10.1. The van der Waals surface area contributed by atoms with Crippen LogP contribution in [0.25, 0.3) is 0 Å². The molecule has 1 N–H and O–H groups in total. The van der Waals surface area contributed by atoms with E-state index in [1.54, 1.807) is 11.9 Å². The van der Waals surface area contributed by atoms with Crippen molar-refractivity contribution in [2.45, 2.75) is 26.4 Å². The van der Waals surface area contributed by atoms with Gasteiger partial charge in [-0.05, 0) is 39.1 Å². The second-order valence-corrected chi connectivity index (χ2v) is 4.81. The molecule has 0 spiro atoms.